The van der Waals surface area contributed by atoms with E-state index in [1.54, 1.807) is 24.3 Å². The highest BCUT2D eigenvalue weighted by molar-refractivity contribution is 7.14. The van der Waals surface area contributed by atoms with Crippen LogP contribution in [-0.2, 0) is 0 Å². The highest BCUT2D eigenvalue weighted by Crippen LogP contribution is 2.37. The molecule has 0 unspecified atom stereocenters. The summed E-state index contributed by atoms with van der Waals surface area (Å²) in [5.41, 5.74) is 1.80. The molecule has 2 aromatic heterocycles. The van der Waals surface area contributed by atoms with Gasteiger partial charge in [0.05, 0.1) is 22.6 Å². The molecule has 1 amide bonds. The monoisotopic (exact) mass is 397 g/mol. The van der Waals surface area contributed by atoms with E-state index in [0.717, 1.165) is 23.5 Å². The summed E-state index contributed by atoms with van der Waals surface area (Å²) >= 11 is 1.48. The van der Waals surface area contributed by atoms with E-state index in [1.165, 1.54) is 35.1 Å². The number of carbonyl (C=O) groups excluding carboxylic acids is 1. The molecule has 9 heteroatoms. The van der Waals surface area contributed by atoms with E-state index in [4.69, 9.17) is 5.11 Å². The predicted octanol–water partition coefficient (Wildman–Crippen LogP) is 3.64. The number of nitrogens with one attached hydrogen (secondary N) is 1. The number of rotatable bonds is 5. The molecule has 0 aliphatic heterocycles. The number of nitrogens with zero attached hydrogens (tertiary/aromatic N) is 4. The number of carboxylic acid groups (broad SMARTS) is 1. The van der Waals surface area contributed by atoms with Gasteiger partial charge >= 0.3 is 5.97 Å². The highest BCUT2D eigenvalue weighted by Gasteiger charge is 2.24. The first-order valence-corrected chi connectivity index (χ1v) is 9.87. The van der Waals surface area contributed by atoms with Crippen molar-refractivity contribution < 1.29 is 14.7 Å². The average molecular weight is 397 g/mol. The van der Waals surface area contributed by atoms with Crippen molar-refractivity contribution in [1.29, 1.82) is 0 Å². The van der Waals surface area contributed by atoms with E-state index < -0.39 is 5.97 Å². The van der Waals surface area contributed by atoms with Gasteiger partial charge in [0.25, 0.3) is 5.91 Å². The average Bonchev–Trinajstić information content (AvgIpc) is 3.42. The van der Waals surface area contributed by atoms with Crippen LogP contribution in [0.4, 0.5) is 5.69 Å². The van der Waals surface area contributed by atoms with Crippen LogP contribution in [0.5, 0.6) is 0 Å². The van der Waals surface area contributed by atoms with Crippen LogP contribution >= 0.6 is 11.3 Å². The SMILES string of the molecule is Cc1nc(C2CCCC2)sc1C(=O)Nc1cccc(-n2cc(C(=O)O)nn2)c1. The second kappa shape index (κ2) is 7.51. The molecule has 0 radical (unpaired) electrons. The topological polar surface area (TPSA) is 110 Å². The quantitative estimate of drug-likeness (QED) is 0.680. The second-order valence-corrected chi connectivity index (χ2v) is 7.84. The number of carbonyl (C=O) groups is 2. The largest absolute Gasteiger partial charge is 0.476 e. The van der Waals surface area contributed by atoms with E-state index in [2.05, 4.69) is 20.6 Å². The summed E-state index contributed by atoms with van der Waals surface area (Å²) in [4.78, 5) is 29.0. The number of thiazole rings is 1. The Balaban J connectivity index is 1.52. The van der Waals surface area contributed by atoms with E-state index >= 15 is 0 Å². The second-order valence-electron chi connectivity index (χ2n) is 6.81. The van der Waals surface area contributed by atoms with Gasteiger partial charge in [0.15, 0.2) is 5.69 Å². The van der Waals surface area contributed by atoms with Gasteiger partial charge in [0.2, 0.25) is 0 Å². The molecule has 3 aromatic rings. The van der Waals surface area contributed by atoms with Crippen molar-refractivity contribution in [2.24, 2.45) is 0 Å². The number of aryl methyl sites for hydroxylation is 1. The van der Waals surface area contributed by atoms with Crippen molar-refractivity contribution in [1.82, 2.24) is 20.0 Å². The molecule has 8 nitrogen and oxygen atoms in total. The Hall–Kier alpha value is -3.07. The molecule has 1 aliphatic rings. The number of carboxylic acids is 1. The summed E-state index contributed by atoms with van der Waals surface area (Å²) in [7, 11) is 0. The van der Waals surface area contributed by atoms with Gasteiger partial charge < -0.3 is 10.4 Å². The molecule has 2 heterocycles. The first kappa shape index (κ1) is 18.3. The van der Waals surface area contributed by atoms with Crippen molar-refractivity contribution in [3.8, 4) is 5.69 Å². The Bertz CT molecular complexity index is 1040. The number of amides is 1. The zero-order valence-corrected chi connectivity index (χ0v) is 16.1. The molecule has 0 bridgehead atoms. The first-order chi connectivity index (χ1) is 13.5. The molecule has 0 spiro atoms. The molecular formula is C19H19N5O3S. The Morgan fingerprint density at radius 1 is 1.29 bits per heavy atom. The summed E-state index contributed by atoms with van der Waals surface area (Å²) < 4.78 is 1.36. The van der Waals surface area contributed by atoms with Crippen molar-refractivity contribution in [2.75, 3.05) is 5.32 Å². The summed E-state index contributed by atoms with van der Waals surface area (Å²) in [6.45, 7) is 1.86. The molecule has 28 heavy (non-hydrogen) atoms. The fourth-order valence-electron chi connectivity index (χ4n) is 3.38. The van der Waals surface area contributed by atoms with Gasteiger partial charge in [-0.1, -0.05) is 24.1 Å². The zero-order chi connectivity index (χ0) is 19.7. The third-order valence-electron chi connectivity index (χ3n) is 4.80. The summed E-state index contributed by atoms with van der Waals surface area (Å²) in [5, 5.41) is 20.3. The summed E-state index contributed by atoms with van der Waals surface area (Å²) in [5.74, 6) is -0.861. The molecule has 144 valence electrons. The maximum atomic E-state index is 12.8. The minimum absolute atomic E-state index is 0.144. The van der Waals surface area contributed by atoms with Crippen molar-refractivity contribution >= 4 is 28.9 Å². The molecule has 1 saturated carbocycles. The smallest absolute Gasteiger partial charge is 0.358 e. The number of aromatic carboxylic acids is 1. The number of aromatic nitrogens is 4. The van der Waals surface area contributed by atoms with Gasteiger partial charge in [0.1, 0.15) is 4.88 Å². The molecule has 1 aromatic carbocycles. The van der Waals surface area contributed by atoms with Crippen LogP contribution in [0.25, 0.3) is 5.69 Å². The van der Waals surface area contributed by atoms with Gasteiger partial charge in [-0.3, -0.25) is 4.79 Å². The van der Waals surface area contributed by atoms with Crippen LogP contribution in [0.3, 0.4) is 0 Å². The Kier molecular flexibility index (Phi) is 4.91. The highest BCUT2D eigenvalue weighted by atomic mass is 32.1. The lowest BCUT2D eigenvalue weighted by atomic mass is 10.1. The van der Waals surface area contributed by atoms with E-state index in [0.29, 0.717) is 22.2 Å². The molecule has 4 rings (SSSR count). The fourth-order valence-corrected chi connectivity index (χ4v) is 4.51. The van der Waals surface area contributed by atoms with Gasteiger partial charge in [0, 0.05) is 11.6 Å². The molecule has 0 atom stereocenters. The van der Waals surface area contributed by atoms with E-state index in [1.807, 2.05) is 6.92 Å². The normalized spacial score (nSPS) is 14.3. The van der Waals surface area contributed by atoms with Gasteiger partial charge in [-0.25, -0.2) is 14.5 Å². The zero-order valence-electron chi connectivity index (χ0n) is 15.3. The Labute approximate surface area is 165 Å². The number of hydrogen-bond acceptors (Lipinski definition) is 6. The van der Waals surface area contributed by atoms with E-state index in [9.17, 15) is 9.59 Å². The lowest BCUT2D eigenvalue weighted by Gasteiger charge is -2.06. The number of benzene rings is 1. The first-order valence-electron chi connectivity index (χ1n) is 9.06. The minimum atomic E-state index is -1.14. The molecule has 1 aliphatic carbocycles. The number of anilines is 1. The Morgan fingerprint density at radius 3 is 2.79 bits per heavy atom. The lowest BCUT2D eigenvalue weighted by Crippen LogP contribution is -2.11. The molecule has 2 N–H and O–H groups in total. The predicted molar refractivity (Wildman–Crippen MR) is 104 cm³/mol. The third kappa shape index (κ3) is 3.65. The minimum Gasteiger partial charge on any atom is -0.476 e. The van der Waals surface area contributed by atoms with Crippen LogP contribution in [0, 0.1) is 6.92 Å². The number of hydrogen-bond donors (Lipinski definition) is 2. The maximum absolute atomic E-state index is 12.8. The van der Waals surface area contributed by atoms with Crippen molar-refractivity contribution in [3.05, 3.63) is 51.7 Å². The summed E-state index contributed by atoms with van der Waals surface area (Å²) in [6.07, 6.45) is 6.07. The van der Waals surface area contributed by atoms with Gasteiger partial charge in [-0.05, 0) is 38.0 Å². The third-order valence-corrected chi connectivity index (χ3v) is 6.12. The van der Waals surface area contributed by atoms with E-state index in [-0.39, 0.29) is 11.6 Å². The molecule has 1 fully saturated rings. The molecule has 0 saturated heterocycles. The van der Waals surface area contributed by atoms with Crippen LogP contribution in [0.2, 0.25) is 0 Å². The standard InChI is InChI=1S/C19H19N5O3S/c1-11-16(28-18(20-11)12-5-2-3-6-12)17(25)21-13-7-4-8-14(9-13)24-10-15(19(26)27)22-23-24/h4,7-10,12H,2-3,5-6H2,1H3,(H,21,25)(H,26,27). The Morgan fingerprint density at radius 2 is 2.07 bits per heavy atom. The van der Waals surface area contributed by atoms with Crippen LogP contribution in [-0.4, -0.2) is 37.0 Å². The molecular weight excluding hydrogens is 378 g/mol. The van der Waals surface area contributed by atoms with Crippen molar-refractivity contribution in [3.63, 3.8) is 0 Å². The summed E-state index contributed by atoms with van der Waals surface area (Å²) in [6, 6.07) is 7.00. The van der Waals surface area contributed by atoms with Crippen LogP contribution in [0.1, 0.15) is 62.5 Å². The fraction of sp³-hybridized carbons (Fsp3) is 0.316. The van der Waals surface area contributed by atoms with Crippen LogP contribution < -0.4 is 5.32 Å². The van der Waals surface area contributed by atoms with Crippen LogP contribution in [0.15, 0.2) is 30.5 Å². The maximum Gasteiger partial charge on any atom is 0.358 e. The lowest BCUT2D eigenvalue weighted by molar-refractivity contribution is 0.0690. The van der Waals surface area contributed by atoms with Crippen molar-refractivity contribution in [2.45, 2.75) is 38.5 Å². The van der Waals surface area contributed by atoms with Gasteiger partial charge in [-0.2, -0.15) is 0 Å². The van der Waals surface area contributed by atoms with Gasteiger partial charge in [-0.15, -0.1) is 16.4 Å².